The number of thioether (sulfide) groups is 1. The van der Waals surface area contributed by atoms with E-state index >= 15 is 0 Å². The average Bonchev–Trinajstić information content (AvgIpc) is 2.79. The third kappa shape index (κ3) is 5.21. The molecular weight excluding hydrogens is 398 g/mol. The van der Waals surface area contributed by atoms with E-state index in [0.717, 1.165) is 4.90 Å². The van der Waals surface area contributed by atoms with Gasteiger partial charge in [-0.3, -0.25) is 4.79 Å². The first-order chi connectivity index (χ1) is 14.6. The Balaban J connectivity index is 1.88. The van der Waals surface area contributed by atoms with Crippen LogP contribution < -0.4 is 10.1 Å². The molecule has 1 amide bonds. The van der Waals surface area contributed by atoms with E-state index in [2.05, 4.69) is 5.32 Å². The first-order valence-corrected chi connectivity index (χ1v) is 10.8. The van der Waals surface area contributed by atoms with Gasteiger partial charge in [-0.25, -0.2) is 4.79 Å². The number of benzene rings is 3. The molecule has 30 heavy (non-hydrogen) atoms. The molecular formula is C24H23NO4S. The van der Waals surface area contributed by atoms with Crippen molar-refractivity contribution in [3.63, 3.8) is 0 Å². The van der Waals surface area contributed by atoms with E-state index in [0.29, 0.717) is 29.2 Å². The number of rotatable bonds is 8. The highest BCUT2D eigenvalue weighted by Gasteiger charge is 2.27. The van der Waals surface area contributed by atoms with E-state index in [4.69, 9.17) is 9.47 Å². The Bertz CT molecular complexity index is 1010. The molecule has 3 rings (SSSR count). The van der Waals surface area contributed by atoms with Gasteiger partial charge in [-0.2, -0.15) is 0 Å². The van der Waals surface area contributed by atoms with Gasteiger partial charge in [0.15, 0.2) is 0 Å². The molecule has 0 bridgehead atoms. The van der Waals surface area contributed by atoms with Gasteiger partial charge < -0.3 is 14.8 Å². The first-order valence-electron chi connectivity index (χ1n) is 9.55. The van der Waals surface area contributed by atoms with Gasteiger partial charge in [0.2, 0.25) is 6.10 Å². The molecule has 0 unspecified atom stereocenters. The number of carbonyl (C=O) groups is 2. The van der Waals surface area contributed by atoms with E-state index in [1.54, 1.807) is 54.6 Å². The Kier molecular flexibility index (Phi) is 7.51. The quantitative estimate of drug-likeness (QED) is 0.393. The Hall–Kier alpha value is -3.25. The molecule has 0 aliphatic rings. The van der Waals surface area contributed by atoms with Crippen LogP contribution in [0.5, 0.6) is 5.75 Å². The minimum Gasteiger partial charge on any atom is -0.492 e. The highest BCUT2D eigenvalue weighted by atomic mass is 32.2. The number of carbonyl (C=O) groups excluding carboxylic acids is 2. The van der Waals surface area contributed by atoms with E-state index in [1.807, 2.05) is 37.4 Å². The molecule has 0 heterocycles. The van der Waals surface area contributed by atoms with Gasteiger partial charge in [0.25, 0.3) is 5.91 Å². The van der Waals surface area contributed by atoms with Crippen molar-refractivity contribution in [3.05, 3.63) is 90.0 Å². The van der Waals surface area contributed by atoms with Crippen LogP contribution in [0.3, 0.4) is 0 Å². The molecule has 0 radical (unpaired) electrons. The summed E-state index contributed by atoms with van der Waals surface area (Å²) < 4.78 is 11.3. The third-order valence-corrected chi connectivity index (χ3v) is 5.13. The molecule has 1 atom stereocenters. The topological polar surface area (TPSA) is 64.6 Å². The Labute approximate surface area is 180 Å². The monoisotopic (exact) mass is 421 g/mol. The second-order valence-corrected chi connectivity index (χ2v) is 7.16. The van der Waals surface area contributed by atoms with Gasteiger partial charge in [0, 0.05) is 10.5 Å². The Morgan fingerprint density at radius 1 is 0.933 bits per heavy atom. The smallest absolute Gasteiger partial charge is 0.340 e. The van der Waals surface area contributed by atoms with E-state index in [-0.39, 0.29) is 0 Å². The predicted molar refractivity (Wildman–Crippen MR) is 119 cm³/mol. The summed E-state index contributed by atoms with van der Waals surface area (Å²) in [6, 6.07) is 23.3. The maximum atomic E-state index is 13.1. The van der Waals surface area contributed by atoms with E-state index < -0.39 is 18.0 Å². The van der Waals surface area contributed by atoms with Crippen LogP contribution in [0, 0.1) is 0 Å². The minimum atomic E-state index is -1.11. The molecule has 1 N–H and O–H groups in total. The average molecular weight is 422 g/mol. The number of hydrogen-bond donors (Lipinski definition) is 1. The van der Waals surface area contributed by atoms with E-state index in [9.17, 15) is 9.59 Å². The fourth-order valence-corrected chi connectivity index (χ4v) is 3.52. The summed E-state index contributed by atoms with van der Waals surface area (Å²) in [4.78, 5) is 26.8. The predicted octanol–water partition coefficient (Wildman–Crippen LogP) is 5.34. The maximum Gasteiger partial charge on any atom is 0.340 e. The Morgan fingerprint density at radius 2 is 1.60 bits per heavy atom. The number of hydrogen-bond acceptors (Lipinski definition) is 5. The van der Waals surface area contributed by atoms with Crippen LogP contribution in [0.1, 0.15) is 28.9 Å². The van der Waals surface area contributed by atoms with Crippen LogP contribution in [-0.2, 0) is 9.53 Å². The molecule has 0 aromatic heterocycles. The van der Waals surface area contributed by atoms with Crippen LogP contribution in [0.4, 0.5) is 5.69 Å². The highest BCUT2D eigenvalue weighted by Crippen LogP contribution is 2.28. The van der Waals surface area contributed by atoms with Crippen LogP contribution in [0.25, 0.3) is 0 Å². The lowest BCUT2D eigenvalue weighted by atomic mass is 10.1. The largest absolute Gasteiger partial charge is 0.492 e. The first kappa shape index (κ1) is 21.5. The molecule has 0 aliphatic carbocycles. The molecule has 0 fully saturated rings. The molecule has 3 aromatic rings. The number of para-hydroxylation sites is 2. The van der Waals surface area contributed by atoms with Gasteiger partial charge in [0.05, 0.1) is 17.9 Å². The lowest BCUT2D eigenvalue weighted by Crippen LogP contribution is -2.26. The maximum absolute atomic E-state index is 13.1. The fraction of sp³-hybridized carbons (Fsp3) is 0.167. The van der Waals surface area contributed by atoms with Crippen LogP contribution in [0.2, 0.25) is 0 Å². The molecule has 154 valence electrons. The summed E-state index contributed by atoms with van der Waals surface area (Å²) >= 11 is 1.45. The van der Waals surface area contributed by atoms with Crippen molar-refractivity contribution < 1.29 is 19.1 Å². The SMILES string of the molecule is CCOc1ccccc1NC(=O)[C@@H](OC(=O)c1ccccc1SC)c1ccccc1. The number of amides is 1. The van der Waals surface area contributed by atoms with Crippen molar-refractivity contribution >= 4 is 29.3 Å². The van der Waals surface area contributed by atoms with Gasteiger partial charge in [-0.1, -0.05) is 54.6 Å². The lowest BCUT2D eigenvalue weighted by Gasteiger charge is -2.20. The van der Waals surface area contributed by atoms with Crippen molar-refractivity contribution in [3.8, 4) is 5.75 Å². The highest BCUT2D eigenvalue weighted by molar-refractivity contribution is 7.98. The van der Waals surface area contributed by atoms with Crippen molar-refractivity contribution in [2.75, 3.05) is 18.2 Å². The molecule has 0 saturated heterocycles. The summed E-state index contributed by atoms with van der Waals surface area (Å²) in [6.07, 6.45) is 0.779. The summed E-state index contributed by atoms with van der Waals surface area (Å²) in [7, 11) is 0. The molecule has 0 saturated carbocycles. The zero-order chi connectivity index (χ0) is 21.3. The molecule has 3 aromatic carbocycles. The van der Waals surface area contributed by atoms with Gasteiger partial charge in [-0.05, 0) is 37.4 Å². The zero-order valence-corrected chi connectivity index (χ0v) is 17.6. The molecule has 5 nitrogen and oxygen atoms in total. The van der Waals surface area contributed by atoms with Crippen molar-refractivity contribution in [2.45, 2.75) is 17.9 Å². The molecule has 6 heteroatoms. The Morgan fingerprint density at radius 3 is 2.33 bits per heavy atom. The number of esters is 1. The van der Waals surface area contributed by atoms with Crippen LogP contribution >= 0.6 is 11.8 Å². The van der Waals surface area contributed by atoms with Crippen LogP contribution in [0.15, 0.2) is 83.8 Å². The summed E-state index contributed by atoms with van der Waals surface area (Å²) in [5.41, 5.74) is 1.53. The van der Waals surface area contributed by atoms with Gasteiger partial charge >= 0.3 is 5.97 Å². The van der Waals surface area contributed by atoms with E-state index in [1.165, 1.54) is 11.8 Å². The normalized spacial score (nSPS) is 11.4. The van der Waals surface area contributed by atoms with Crippen molar-refractivity contribution in [1.82, 2.24) is 0 Å². The van der Waals surface area contributed by atoms with Crippen molar-refractivity contribution in [1.29, 1.82) is 0 Å². The summed E-state index contributed by atoms with van der Waals surface area (Å²) in [5.74, 6) is -0.454. The van der Waals surface area contributed by atoms with Gasteiger partial charge in [-0.15, -0.1) is 11.8 Å². The minimum absolute atomic E-state index is 0.424. The third-order valence-electron chi connectivity index (χ3n) is 4.34. The van der Waals surface area contributed by atoms with Gasteiger partial charge in [0.1, 0.15) is 5.75 Å². The van der Waals surface area contributed by atoms with Crippen LogP contribution in [-0.4, -0.2) is 24.7 Å². The fourth-order valence-electron chi connectivity index (χ4n) is 2.93. The second-order valence-electron chi connectivity index (χ2n) is 6.31. The standard InChI is InChI=1S/C24H23NO4S/c1-3-28-20-15-9-8-14-19(20)25-23(26)22(17-11-5-4-6-12-17)29-24(27)18-13-7-10-16-21(18)30-2/h4-16,22H,3H2,1-2H3,(H,25,26)/t22-/m0/s1. The number of ether oxygens (including phenoxy) is 2. The number of nitrogens with one attached hydrogen (secondary N) is 1. The zero-order valence-electron chi connectivity index (χ0n) is 16.8. The number of anilines is 1. The summed E-state index contributed by atoms with van der Waals surface area (Å²) in [6.45, 7) is 2.34. The molecule has 0 spiro atoms. The second kappa shape index (κ2) is 10.5. The lowest BCUT2D eigenvalue weighted by molar-refractivity contribution is -0.125. The molecule has 0 aliphatic heterocycles. The summed E-state index contributed by atoms with van der Waals surface area (Å²) in [5, 5.41) is 2.83. The van der Waals surface area contributed by atoms with Crippen molar-refractivity contribution in [2.24, 2.45) is 0 Å².